The Kier molecular flexibility index (Phi) is 5.35. The number of hydrogen-bond donors (Lipinski definition) is 0. The van der Waals surface area contributed by atoms with E-state index >= 15 is 0 Å². The maximum absolute atomic E-state index is 4.16. The van der Waals surface area contributed by atoms with Crippen LogP contribution in [0.1, 0.15) is 34.1 Å². The van der Waals surface area contributed by atoms with Crippen LogP contribution in [0, 0.1) is 5.41 Å². The van der Waals surface area contributed by atoms with Crippen molar-refractivity contribution in [1.82, 2.24) is 0 Å². The molecule has 0 aromatic rings. The molecule has 0 amide bonds. The van der Waals surface area contributed by atoms with Gasteiger partial charge in [0.1, 0.15) is 0 Å². The summed E-state index contributed by atoms with van der Waals surface area (Å²) >= 11 is 0. The summed E-state index contributed by atoms with van der Waals surface area (Å²) in [5, 5.41) is 0. The van der Waals surface area contributed by atoms with Crippen LogP contribution >= 0.6 is 0 Å². The molecule has 0 aliphatic carbocycles. The van der Waals surface area contributed by atoms with E-state index < -0.39 is 0 Å². The predicted octanol–water partition coefficient (Wildman–Crippen LogP) is 3.58. The van der Waals surface area contributed by atoms with Crippen LogP contribution in [0.15, 0.2) is 29.4 Å². The summed E-state index contributed by atoms with van der Waals surface area (Å²) < 4.78 is 0. The minimum atomic E-state index is 0.0789. The number of rotatable bonds is 4. The molecule has 0 unspecified atom stereocenters. The van der Waals surface area contributed by atoms with E-state index in [9.17, 15) is 0 Å². The molecular weight excluding hydrogens is 146 g/mol. The van der Waals surface area contributed by atoms with Crippen molar-refractivity contribution < 1.29 is 0 Å². The minimum absolute atomic E-state index is 0.0789. The van der Waals surface area contributed by atoms with Gasteiger partial charge >= 0.3 is 0 Å². The predicted molar refractivity (Wildman–Crippen MR) is 56.5 cm³/mol. The zero-order valence-electron chi connectivity index (χ0n) is 8.54. The zero-order valence-corrected chi connectivity index (χ0v) is 8.54. The highest BCUT2D eigenvalue weighted by molar-refractivity contribution is 5.67. The van der Waals surface area contributed by atoms with Crippen molar-refractivity contribution in [3.63, 3.8) is 0 Å². The zero-order chi connectivity index (χ0) is 9.45. The second-order valence-corrected chi connectivity index (χ2v) is 3.39. The second kappa shape index (κ2) is 5.76. The summed E-state index contributed by atoms with van der Waals surface area (Å²) in [4.78, 5) is 4.16. The molecule has 0 atom stereocenters. The lowest BCUT2D eigenvalue weighted by Gasteiger charge is -2.12. The van der Waals surface area contributed by atoms with Crippen LogP contribution in [-0.4, -0.2) is 6.21 Å². The monoisotopic (exact) mass is 165 g/mol. The molecule has 0 heterocycles. The maximum Gasteiger partial charge on any atom is 0.0221 e. The van der Waals surface area contributed by atoms with Gasteiger partial charge < -0.3 is 0 Å². The summed E-state index contributed by atoms with van der Waals surface area (Å²) in [6, 6.07) is 0. The SMILES string of the molecule is C/C=C\N=CC(C)(C)/C=C\CC. The molecule has 0 bridgehead atoms. The van der Waals surface area contributed by atoms with Gasteiger partial charge in [-0.3, -0.25) is 4.99 Å². The van der Waals surface area contributed by atoms with E-state index in [1.165, 1.54) is 0 Å². The molecule has 0 fully saturated rings. The average Bonchev–Trinajstić information content (AvgIpc) is 2.01. The lowest BCUT2D eigenvalue weighted by Crippen LogP contribution is -2.08. The topological polar surface area (TPSA) is 12.4 Å². The van der Waals surface area contributed by atoms with Crippen molar-refractivity contribution in [1.29, 1.82) is 0 Å². The normalized spacial score (nSPS) is 14.0. The van der Waals surface area contributed by atoms with Crippen molar-refractivity contribution in [2.75, 3.05) is 0 Å². The Morgan fingerprint density at radius 1 is 1.33 bits per heavy atom. The molecule has 1 heteroatoms. The molecule has 0 saturated carbocycles. The second-order valence-electron chi connectivity index (χ2n) is 3.39. The first-order valence-electron chi connectivity index (χ1n) is 4.45. The number of allylic oxidation sites excluding steroid dienone is 3. The van der Waals surface area contributed by atoms with Crippen LogP contribution in [0.2, 0.25) is 0 Å². The Morgan fingerprint density at radius 3 is 2.50 bits per heavy atom. The molecule has 0 rings (SSSR count). The quantitative estimate of drug-likeness (QED) is 0.446. The summed E-state index contributed by atoms with van der Waals surface area (Å²) in [6.45, 7) is 8.39. The first kappa shape index (κ1) is 11.2. The van der Waals surface area contributed by atoms with Gasteiger partial charge in [-0.05, 0) is 13.3 Å². The summed E-state index contributed by atoms with van der Waals surface area (Å²) in [6.07, 6.45) is 11.1. The van der Waals surface area contributed by atoms with Gasteiger partial charge in [-0.25, -0.2) is 0 Å². The third-order valence-electron chi connectivity index (χ3n) is 1.43. The van der Waals surface area contributed by atoms with Crippen molar-refractivity contribution in [3.05, 3.63) is 24.4 Å². The number of hydrogen-bond acceptors (Lipinski definition) is 1. The lowest BCUT2D eigenvalue weighted by atomic mass is 9.94. The first-order valence-corrected chi connectivity index (χ1v) is 4.45. The average molecular weight is 165 g/mol. The molecule has 12 heavy (non-hydrogen) atoms. The molecule has 1 nitrogen and oxygen atoms in total. The highest BCUT2D eigenvalue weighted by Gasteiger charge is 2.08. The molecule has 0 aromatic heterocycles. The third-order valence-corrected chi connectivity index (χ3v) is 1.43. The first-order chi connectivity index (χ1) is 5.62. The molecular formula is C11H19N. The van der Waals surface area contributed by atoms with Crippen LogP contribution in [0.3, 0.4) is 0 Å². The van der Waals surface area contributed by atoms with Gasteiger partial charge in [-0.15, -0.1) is 0 Å². The smallest absolute Gasteiger partial charge is 0.0221 e. The van der Waals surface area contributed by atoms with Crippen molar-refractivity contribution in [2.24, 2.45) is 10.4 Å². The van der Waals surface area contributed by atoms with Crippen molar-refractivity contribution >= 4 is 6.21 Å². The van der Waals surface area contributed by atoms with Crippen LogP contribution < -0.4 is 0 Å². The van der Waals surface area contributed by atoms with Gasteiger partial charge in [-0.1, -0.05) is 39.0 Å². The molecule has 0 spiro atoms. The van der Waals surface area contributed by atoms with E-state index in [1.54, 1.807) is 0 Å². The Bertz CT molecular complexity index is 185. The Balaban J connectivity index is 4.11. The van der Waals surface area contributed by atoms with Gasteiger partial charge in [0.2, 0.25) is 0 Å². The van der Waals surface area contributed by atoms with E-state index in [-0.39, 0.29) is 5.41 Å². The Morgan fingerprint density at radius 2 is 2.00 bits per heavy atom. The van der Waals surface area contributed by atoms with Gasteiger partial charge in [0, 0.05) is 17.8 Å². The van der Waals surface area contributed by atoms with E-state index in [0.717, 1.165) is 6.42 Å². The van der Waals surface area contributed by atoms with Crippen molar-refractivity contribution in [3.8, 4) is 0 Å². The highest BCUT2D eigenvalue weighted by Crippen LogP contribution is 2.13. The fourth-order valence-electron chi connectivity index (χ4n) is 0.786. The summed E-state index contributed by atoms with van der Waals surface area (Å²) in [7, 11) is 0. The fourth-order valence-corrected chi connectivity index (χ4v) is 0.786. The molecule has 68 valence electrons. The van der Waals surface area contributed by atoms with Crippen molar-refractivity contribution in [2.45, 2.75) is 34.1 Å². The molecule has 0 aliphatic heterocycles. The Hall–Kier alpha value is -0.850. The van der Waals surface area contributed by atoms with E-state index in [0.29, 0.717) is 0 Å². The molecule has 0 radical (unpaired) electrons. The number of nitrogens with zero attached hydrogens (tertiary/aromatic N) is 1. The standard InChI is InChI=1S/C11H19N/c1-5-7-8-11(3,4)10-12-9-6-2/h6-10H,5H2,1-4H3/b8-7-,9-6-,12-10?. The summed E-state index contributed by atoms with van der Waals surface area (Å²) in [5.74, 6) is 0. The van der Waals surface area contributed by atoms with E-state index in [4.69, 9.17) is 0 Å². The fraction of sp³-hybridized carbons (Fsp3) is 0.545. The highest BCUT2D eigenvalue weighted by atomic mass is 14.7. The van der Waals surface area contributed by atoms with Crippen LogP contribution in [-0.2, 0) is 0 Å². The maximum atomic E-state index is 4.16. The number of aliphatic imine (C=N–C) groups is 1. The third kappa shape index (κ3) is 5.90. The largest absolute Gasteiger partial charge is 0.269 e. The van der Waals surface area contributed by atoms with E-state index in [1.807, 2.05) is 25.4 Å². The molecule has 0 aromatic carbocycles. The van der Waals surface area contributed by atoms with Crippen LogP contribution in [0.5, 0.6) is 0 Å². The Labute approximate surface area is 75.9 Å². The van der Waals surface area contributed by atoms with Gasteiger partial charge in [0.15, 0.2) is 0 Å². The molecule has 0 N–H and O–H groups in total. The van der Waals surface area contributed by atoms with E-state index in [2.05, 4.69) is 37.9 Å². The lowest BCUT2D eigenvalue weighted by molar-refractivity contribution is 0.690. The van der Waals surface area contributed by atoms with Crippen LogP contribution in [0.25, 0.3) is 0 Å². The van der Waals surface area contributed by atoms with Gasteiger partial charge in [0.05, 0.1) is 0 Å². The van der Waals surface area contributed by atoms with Gasteiger partial charge in [0.25, 0.3) is 0 Å². The summed E-state index contributed by atoms with van der Waals surface area (Å²) in [5.41, 5.74) is 0.0789. The molecule has 0 saturated heterocycles. The van der Waals surface area contributed by atoms with Gasteiger partial charge in [-0.2, -0.15) is 0 Å². The van der Waals surface area contributed by atoms with Crippen LogP contribution in [0.4, 0.5) is 0 Å². The molecule has 0 aliphatic rings. The minimum Gasteiger partial charge on any atom is -0.269 e.